The van der Waals surface area contributed by atoms with Gasteiger partial charge in [-0.25, -0.2) is 4.98 Å². The summed E-state index contributed by atoms with van der Waals surface area (Å²) in [6, 6.07) is 15.9. The molecule has 4 rings (SSSR count). The van der Waals surface area contributed by atoms with Crippen molar-refractivity contribution in [1.82, 2.24) is 9.97 Å². The second-order valence-electron chi connectivity index (χ2n) is 6.35. The number of allylic oxidation sites excluding steroid dienone is 1. The van der Waals surface area contributed by atoms with Crippen molar-refractivity contribution in [2.75, 3.05) is 0 Å². The summed E-state index contributed by atoms with van der Waals surface area (Å²) in [5.41, 5.74) is 1.30. The van der Waals surface area contributed by atoms with Crippen molar-refractivity contribution in [2.45, 2.75) is 0 Å². The largest absolute Gasteiger partial charge is 0.545 e. The van der Waals surface area contributed by atoms with Crippen molar-refractivity contribution >= 4 is 34.6 Å². The minimum Gasteiger partial charge on any atom is -0.545 e. The van der Waals surface area contributed by atoms with Crippen molar-refractivity contribution in [3.8, 4) is 17.4 Å². The number of rotatable bonds is 5. The first-order chi connectivity index (χ1) is 14.4. The number of nitrogens with one attached hydrogen (secondary N) is 1. The van der Waals surface area contributed by atoms with Gasteiger partial charge in [0.15, 0.2) is 0 Å². The third kappa shape index (κ3) is 3.55. The van der Waals surface area contributed by atoms with Gasteiger partial charge in [-0.2, -0.15) is 5.26 Å². The number of nitrogens with zero attached hydrogens (tertiary/aromatic N) is 2. The number of carbonyl (C=O) groups is 2. The number of hydrogen-bond donors (Lipinski definition) is 1. The fourth-order valence-electron chi connectivity index (χ4n) is 2.97. The van der Waals surface area contributed by atoms with Crippen LogP contribution < -0.4 is 10.2 Å². The Morgan fingerprint density at radius 1 is 1.03 bits per heavy atom. The van der Waals surface area contributed by atoms with Gasteiger partial charge in [0.25, 0.3) is 0 Å². The average Bonchev–Trinajstić information content (AvgIpc) is 3.38. The number of imidazole rings is 1. The first-order valence-corrected chi connectivity index (χ1v) is 8.69. The Kier molecular flexibility index (Phi) is 4.62. The van der Waals surface area contributed by atoms with Gasteiger partial charge in [-0.15, -0.1) is 0 Å². The Hall–Kier alpha value is -4.64. The smallest absolute Gasteiger partial charge is 0.149 e. The van der Waals surface area contributed by atoms with Gasteiger partial charge in [-0.05, 0) is 53.6 Å². The van der Waals surface area contributed by atoms with E-state index in [1.807, 2.05) is 24.3 Å². The van der Waals surface area contributed by atoms with Gasteiger partial charge in [0.1, 0.15) is 23.4 Å². The van der Waals surface area contributed by atoms with E-state index in [0.29, 0.717) is 17.1 Å². The van der Waals surface area contributed by atoms with Gasteiger partial charge in [0.05, 0.1) is 28.5 Å². The Bertz CT molecular complexity index is 1310. The van der Waals surface area contributed by atoms with E-state index in [0.717, 1.165) is 11.6 Å². The summed E-state index contributed by atoms with van der Waals surface area (Å²) < 4.78 is 5.67. The maximum absolute atomic E-state index is 11.2. The molecule has 2 aromatic heterocycles. The summed E-state index contributed by atoms with van der Waals surface area (Å²) in [7, 11) is 0. The third-order valence-electron chi connectivity index (χ3n) is 4.37. The number of carboxylic acid groups (broad SMARTS) is 2. The molecule has 0 saturated heterocycles. The summed E-state index contributed by atoms with van der Waals surface area (Å²) in [6.45, 7) is 0. The van der Waals surface area contributed by atoms with Crippen LogP contribution >= 0.6 is 0 Å². The lowest BCUT2D eigenvalue weighted by Gasteiger charge is -2.09. The number of carboxylic acids is 2. The number of nitriles is 1. The van der Waals surface area contributed by atoms with Crippen LogP contribution in [0.5, 0.6) is 0 Å². The van der Waals surface area contributed by atoms with Crippen LogP contribution in [-0.2, 0) is 0 Å². The summed E-state index contributed by atoms with van der Waals surface area (Å²) in [5.74, 6) is -2.16. The van der Waals surface area contributed by atoms with Gasteiger partial charge in [-0.1, -0.05) is 12.1 Å². The van der Waals surface area contributed by atoms with E-state index in [1.54, 1.807) is 6.07 Å². The van der Waals surface area contributed by atoms with Crippen LogP contribution in [0.15, 0.2) is 59.0 Å². The zero-order valence-electron chi connectivity index (χ0n) is 15.2. The Morgan fingerprint density at radius 2 is 1.73 bits per heavy atom. The highest BCUT2D eigenvalue weighted by Gasteiger charge is 2.11. The molecule has 8 heteroatoms. The molecule has 0 radical (unpaired) electrons. The Morgan fingerprint density at radius 3 is 2.37 bits per heavy atom. The topological polar surface area (TPSA) is 146 Å². The Labute approximate surface area is 169 Å². The normalized spacial score (nSPS) is 11.4. The van der Waals surface area contributed by atoms with Crippen LogP contribution in [0.25, 0.3) is 34.0 Å². The molecule has 0 aliphatic rings. The molecule has 4 aromatic rings. The van der Waals surface area contributed by atoms with Crippen molar-refractivity contribution in [1.29, 1.82) is 5.26 Å². The predicted molar refractivity (Wildman–Crippen MR) is 102 cm³/mol. The van der Waals surface area contributed by atoms with Crippen LogP contribution in [0, 0.1) is 11.3 Å². The number of benzene rings is 2. The molecule has 0 saturated carbocycles. The first kappa shape index (κ1) is 18.7. The number of aromatic carboxylic acids is 2. The van der Waals surface area contributed by atoms with E-state index in [4.69, 9.17) is 4.42 Å². The van der Waals surface area contributed by atoms with Gasteiger partial charge in [-0.3, -0.25) is 0 Å². The van der Waals surface area contributed by atoms with Crippen LogP contribution in [0.1, 0.15) is 32.3 Å². The molecule has 2 aromatic carbocycles. The molecule has 0 fully saturated rings. The maximum Gasteiger partial charge on any atom is 0.149 e. The summed E-state index contributed by atoms with van der Waals surface area (Å²) in [6.07, 6.45) is 1.48. The van der Waals surface area contributed by atoms with Gasteiger partial charge >= 0.3 is 0 Å². The van der Waals surface area contributed by atoms with Crippen molar-refractivity contribution in [3.63, 3.8) is 0 Å². The van der Waals surface area contributed by atoms with Gasteiger partial charge in [0, 0.05) is 11.6 Å². The molecule has 0 bridgehead atoms. The van der Waals surface area contributed by atoms with Crippen molar-refractivity contribution in [3.05, 3.63) is 77.3 Å². The number of aromatic nitrogens is 2. The molecule has 0 amide bonds. The van der Waals surface area contributed by atoms with Crippen molar-refractivity contribution < 1.29 is 24.2 Å². The second-order valence-corrected chi connectivity index (χ2v) is 6.35. The molecule has 0 aliphatic carbocycles. The minimum absolute atomic E-state index is 0.216. The molecule has 2 heterocycles. The molecule has 0 spiro atoms. The van der Waals surface area contributed by atoms with Crippen LogP contribution in [-0.4, -0.2) is 21.9 Å². The molecule has 0 unspecified atom stereocenters. The lowest BCUT2D eigenvalue weighted by atomic mass is 10.0. The number of para-hydroxylation sites is 2. The summed E-state index contributed by atoms with van der Waals surface area (Å²) >= 11 is 0. The van der Waals surface area contributed by atoms with E-state index in [9.17, 15) is 25.1 Å². The quantitative estimate of drug-likeness (QED) is 0.503. The van der Waals surface area contributed by atoms with E-state index in [1.165, 1.54) is 24.3 Å². The van der Waals surface area contributed by atoms with E-state index >= 15 is 0 Å². The molecular formula is C22H11N3O5-2. The SMILES string of the molecule is N#C/C(=C/c1ccc(-c2cc(C(=O)[O-])cc(C(=O)[O-])c2)o1)c1nc2ccccc2[nH]1. The highest BCUT2D eigenvalue weighted by molar-refractivity contribution is 5.94. The Balaban J connectivity index is 1.72. The van der Waals surface area contributed by atoms with Crippen LogP contribution in [0.3, 0.4) is 0 Å². The van der Waals surface area contributed by atoms with Crippen LogP contribution in [0.4, 0.5) is 0 Å². The number of fused-ring (bicyclic) bond motifs is 1. The zero-order chi connectivity index (χ0) is 21.3. The van der Waals surface area contributed by atoms with E-state index < -0.39 is 11.9 Å². The number of H-pyrrole nitrogens is 1. The number of aromatic amines is 1. The number of hydrogen-bond acceptors (Lipinski definition) is 7. The summed E-state index contributed by atoms with van der Waals surface area (Å²) in [4.78, 5) is 29.8. The first-order valence-electron chi connectivity index (χ1n) is 8.69. The predicted octanol–water partition coefficient (Wildman–Crippen LogP) is 1.61. The zero-order valence-corrected chi connectivity index (χ0v) is 15.2. The van der Waals surface area contributed by atoms with E-state index in [2.05, 4.69) is 16.0 Å². The monoisotopic (exact) mass is 397 g/mol. The molecule has 0 atom stereocenters. The average molecular weight is 397 g/mol. The number of carbonyl (C=O) groups excluding carboxylic acids is 2. The highest BCUT2D eigenvalue weighted by atomic mass is 16.4. The van der Waals surface area contributed by atoms with Crippen molar-refractivity contribution in [2.24, 2.45) is 0 Å². The molecule has 0 aliphatic heterocycles. The lowest BCUT2D eigenvalue weighted by Crippen LogP contribution is -2.25. The highest BCUT2D eigenvalue weighted by Crippen LogP contribution is 2.27. The molecule has 8 nitrogen and oxygen atoms in total. The standard InChI is InChI=1S/C22H13N3O5/c23-11-15(20-24-17-3-1-2-4-18(17)25-20)10-16-5-6-19(30-16)12-7-13(21(26)27)9-14(8-12)22(28)29/h1-10H,(H,24,25)(H,26,27)(H,28,29)/p-2/b15-10-. The molecule has 30 heavy (non-hydrogen) atoms. The molecule has 146 valence electrons. The van der Waals surface area contributed by atoms with Gasteiger partial charge in [0.2, 0.25) is 0 Å². The molecule has 1 N–H and O–H groups in total. The number of furan rings is 1. The third-order valence-corrected chi connectivity index (χ3v) is 4.37. The lowest BCUT2D eigenvalue weighted by molar-refractivity contribution is -0.255. The van der Waals surface area contributed by atoms with E-state index in [-0.39, 0.29) is 28.0 Å². The van der Waals surface area contributed by atoms with Crippen LogP contribution in [0.2, 0.25) is 0 Å². The fourth-order valence-corrected chi connectivity index (χ4v) is 2.97. The molecular weight excluding hydrogens is 386 g/mol. The minimum atomic E-state index is -1.53. The van der Waals surface area contributed by atoms with Gasteiger partial charge < -0.3 is 29.2 Å². The summed E-state index contributed by atoms with van der Waals surface area (Å²) in [5, 5.41) is 31.9. The maximum atomic E-state index is 11.2. The second kappa shape index (κ2) is 7.41. The fraction of sp³-hybridized carbons (Fsp3) is 0.